The summed E-state index contributed by atoms with van der Waals surface area (Å²) in [5, 5.41) is 7.13. The average Bonchev–Trinajstić information content (AvgIpc) is 3.07. The summed E-state index contributed by atoms with van der Waals surface area (Å²) >= 11 is 0. The molecule has 1 atom stereocenters. The van der Waals surface area contributed by atoms with Crippen LogP contribution < -0.4 is 19.5 Å². The molecule has 0 saturated heterocycles. The summed E-state index contributed by atoms with van der Waals surface area (Å²) in [6, 6.07) is 5.18. The molecule has 1 aromatic heterocycles. The summed E-state index contributed by atoms with van der Waals surface area (Å²) < 4.78 is 17.6. The van der Waals surface area contributed by atoms with Crippen molar-refractivity contribution in [1.29, 1.82) is 0 Å². The van der Waals surface area contributed by atoms with E-state index in [2.05, 4.69) is 17.3 Å². The van der Waals surface area contributed by atoms with Gasteiger partial charge in [0.15, 0.2) is 11.5 Å². The van der Waals surface area contributed by atoms with Gasteiger partial charge in [-0.25, -0.2) is 4.68 Å². The van der Waals surface area contributed by atoms with Crippen LogP contribution in [-0.4, -0.2) is 37.0 Å². The van der Waals surface area contributed by atoms with Gasteiger partial charge in [0.2, 0.25) is 5.75 Å². The van der Waals surface area contributed by atoms with E-state index in [9.17, 15) is 4.79 Å². The fourth-order valence-corrected chi connectivity index (χ4v) is 2.34. The number of rotatable bonds is 7. The van der Waals surface area contributed by atoms with Gasteiger partial charge >= 0.3 is 0 Å². The molecule has 7 heteroatoms. The van der Waals surface area contributed by atoms with Crippen molar-refractivity contribution in [3.63, 3.8) is 0 Å². The molecule has 0 radical (unpaired) electrons. The van der Waals surface area contributed by atoms with Gasteiger partial charge in [-0.1, -0.05) is 6.92 Å². The van der Waals surface area contributed by atoms with Crippen LogP contribution in [0.25, 0.3) is 0 Å². The van der Waals surface area contributed by atoms with Gasteiger partial charge in [0.1, 0.15) is 5.82 Å². The summed E-state index contributed by atoms with van der Waals surface area (Å²) in [5.74, 6) is 1.67. The predicted octanol–water partition coefficient (Wildman–Crippen LogP) is 3.13. The van der Waals surface area contributed by atoms with E-state index < -0.39 is 0 Å². The van der Waals surface area contributed by atoms with E-state index in [4.69, 9.17) is 14.2 Å². The molecule has 130 valence electrons. The topological polar surface area (TPSA) is 74.6 Å². The van der Waals surface area contributed by atoms with Gasteiger partial charge < -0.3 is 19.5 Å². The highest BCUT2D eigenvalue weighted by Crippen LogP contribution is 2.38. The molecule has 0 saturated carbocycles. The summed E-state index contributed by atoms with van der Waals surface area (Å²) in [6.07, 6.45) is 2.58. The predicted molar refractivity (Wildman–Crippen MR) is 91.3 cm³/mol. The number of methoxy groups -OCH3 is 3. The van der Waals surface area contributed by atoms with E-state index in [1.165, 1.54) is 21.3 Å². The van der Waals surface area contributed by atoms with Gasteiger partial charge in [-0.3, -0.25) is 4.79 Å². The lowest BCUT2D eigenvalue weighted by molar-refractivity contribution is 0.102. The molecule has 7 nitrogen and oxygen atoms in total. The van der Waals surface area contributed by atoms with Gasteiger partial charge in [-0.15, -0.1) is 0 Å². The van der Waals surface area contributed by atoms with E-state index in [-0.39, 0.29) is 11.9 Å². The van der Waals surface area contributed by atoms with Crippen LogP contribution in [0.15, 0.2) is 24.4 Å². The Bertz CT molecular complexity index is 687. The van der Waals surface area contributed by atoms with Crippen molar-refractivity contribution >= 4 is 11.7 Å². The highest BCUT2D eigenvalue weighted by molar-refractivity contribution is 6.04. The molecule has 24 heavy (non-hydrogen) atoms. The molecule has 0 aliphatic carbocycles. The van der Waals surface area contributed by atoms with Crippen molar-refractivity contribution < 1.29 is 19.0 Å². The Kier molecular flexibility index (Phi) is 5.68. The lowest BCUT2D eigenvalue weighted by Gasteiger charge is -2.16. The largest absolute Gasteiger partial charge is 0.493 e. The maximum absolute atomic E-state index is 12.6. The Morgan fingerprint density at radius 1 is 1.21 bits per heavy atom. The van der Waals surface area contributed by atoms with E-state index in [1.54, 1.807) is 29.1 Å². The minimum absolute atomic E-state index is 0.190. The average molecular weight is 333 g/mol. The van der Waals surface area contributed by atoms with Crippen molar-refractivity contribution in [1.82, 2.24) is 9.78 Å². The first-order valence-electron chi connectivity index (χ1n) is 7.70. The van der Waals surface area contributed by atoms with Crippen LogP contribution in [0.3, 0.4) is 0 Å². The molecule has 2 rings (SSSR count). The number of nitrogens with zero attached hydrogens (tertiary/aromatic N) is 2. The summed E-state index contributed by atoms with van der Waals surface area (Å²) in [5.41, 5.74) is 0.404. The molecule has 1 unspecified atom stereocenters. The summed E-state index contributed by atoms with van der Waals surface area (Å²) in [6.45, 7) is 4.11. The number of nitrogens with one attached hydrogen (secondary N) is 1. The number of anilines is 1. The zero-order valence-electron chi connectivity index (χ0n) is 14.6. The molecule has 0 aliphatic heterocycles. The monoisotopic (exact) mass is 333 g/mol. The number of benzene rings is 1. The first-order valence-corrected chi connectivity index (χ1v) is 7.70. The second kappa shape index (κ2) is 7.72. The smallest absolute Gasteiger partial charge is 0.257 e. The SMILES string of the molecule is CCC(C)n1nccc1NC(=O)c1cc(OC)c(OC)c(OC)c1. The Morgan fingerprint density at radius 3 is 2.33 bits per heavy atom. The number of hydrogen-bond donors (Lipinski definition) is 1. The van der Waals surface area contributed by atoms with Gasteiger partial charge in [0, 0.05) is 11.6 Å². The quantitative estimate of drug-likeness (QED) is 0.842. The highest BCUT2D eigenvalue weighted by Gasteiger charge is 2.18. The van der Waals surface area contributed by atoms with E-state index in [1.807, 2.05) is 6.92 Å². The summed E-state index contributed by atoms with van der Waals surface area (Å²) in [4.78, 5) is 12.6. The van der Waals surface area contributed by atoms with E-state index in [0.717, 1.165) is 6.42 Å². The van der Waals surface area contributed by atoms with Crippen molar-refractivity contribution in [2.45, 2.75) is 26.3 Å². The third-order valence-electron chi connectivity index (χ3n) is 3.85. The molecule has 1 aromatic carbocycles. The van der Waals surface area contributed by atoms with Crippen molar-refractivity contribution in [2.24, 2.45) is 0 Å². The first kappa shape index (κ1) is 17.7. The fourth-order valence-electron chi connectivity index (χ4n) is 2.34. The van der Waals surface area contributed by atoms with Gasteiger partial charge in [0.05, 0.1) is 33.6 Å². The van der Waals surface area contributed by atoms with E-state index >= 15 is 0 Å². The minimum Gasteiger partial charge on any atom is -0.493 e. The second-order valence-electron chi connectivity index (χ2n) is 5.29. The minimum atomic E-state index is -0.278. The van der Waals surface area contributed by atoms with Crippen molar-refractivity contribution in [3.05, 3.63) is 30.0 Å². The molecular weight excluding hydrogens is 310 g/mol. The Labute approximate surface area is 141 Å². The zero-order valence-corrected chi connectivity index (χ0v) is 14.6. The van der Waals surface area contributed by atoms with Crippen LogP contribution in [0.2, 0.25) is 0 Å². The van der Waals surface area contributed by atoms with Gasteiger partial charge in [0.25, 0.3) is 5.91 Å². The normalized spacial score (nSPS) is 11.7. The third kappa shape index (κ3) is 3.45. The van der Waals surface area contributed by atoms with Crippen LogP contribution in [0.1, 0.15) is 36.7 Å². The standard InChI is InChI=1S/C17H23N3O4/c1-6-11(2)20-15(7-8-18-20)19-17(21)12-9-13(22-3)16(24-5)14(10-12)23-4/h7-11H,6H2,1-5H3,(H,19,21). The van der Waals surface area contributed by atoms with Crippen molar-refractivity contribution in [3.8, 4) is 17.2 Å². The van der Waals surface area contributed by atoms with Crippen LogP contribution in [0.4, 0.5) is 5.82 Å². The number of carbonyl (C=O) groups excluding carboxylic acids is 1. The molecule has 1 N–H and O–H groups in total. The molecule has 0 fully saturated rings. The molecule has 0 spiro atoms. The van der Waals surface area contributed by atoms with Crippen LogP contribution in [-0.2, 0) is 0 Å². The van der Waals surface area contributed by atoms with Crippen molar-refractivity contribution in [2.75, 3.05) is 26.6 Å². The molecule has 0 aliphatic rings. The zero-order chi connectivity index (χ0) is 17.7. The maximum Gasteiger partial charge on any atom is 0.257 e. The Balaban J connectivity index is 2.32. The van der Waals surface area contributed by atoms with Crippen LogP contribution in [0, 0.1) is 0 Å². The number of amides is 1. The summed E-state index contributed by atoms with van der Waals surface area (Å²) in [7, 11) is 4.54. The Hall–Kier alpha value is -2.70. The molecule has 1 amide bonds. The second-order valence-corrected chi connectivity index (χ2v) is 5.29. The van der Waals surface area contributed by atoms with Crippen LogP contribution >= 0.6 is 0 Å². The third-order valence-corrected chi connectivity index (χ3v) is 3.85. The molecule has 1 heterocycles. The molecule has 2 aromatic rings. The number of carbonyl (C=O) groups is 1. The van der Waals surface area contributed by atoms with Gasteiger partial charge in [-0.2, -0.15) is 5.10 Å². The Morgan fingerprint density at radius 2 is 1.83 bits per heavy atom. The highest BCUT2D eigenvalue weighted by atomic mass is 16.5. The molecular formula is C17H23N3O4. The van der Waals surface area contributed by atoms with Gasteiger partial charge in [-0.05, 0) is 25.5 Å². The lowest BCUT2D eigenvalue weighted by atomic mass is 10.1. The number of hydrogen-bond acceptors (Lipinski definition) is 5. The number of aromatic nitrogens is 2. The number of ether oxygens (including phenoxy) is 3. The first-order chi connectivity index (χ1) is 11.5. The van der Waals surface area contributed by atoms with E-state index in [0.29, 0.717) is 28.6 Å². The maximum atomic E-state index is 12.6. The lowest BCUT2D eigenvalue weighted by Crippen LogP contribution is -2.17. The molecule has 0 bridgehead atoms. The van der Waals surface area contributed by atoms with Crippen LogP contribution in [0.5, 0.6) is 17.2 Å². The fraction of sp³-hybridized carbons (Fsp3) is 0.412.